The molecule has 3 aromatic rings. The molecule has 8 heteroatoms. The lowest BCUT2D eigenvalue weighted by atomic mass is 10.1. The Kier molecular flexibility index (Phi) is 4.59. The highest BCUT2D eigenvalue weighted by Crippen LogP contribution is 2.30. The van der Waals surface area contributed by atoms with Crippen molar-refractivity contribution in [3.63, 3.8) is 0 Å². The van der Waals surface area contributed by atoms with E-state index in [1.807, 2.05) is 6.07 Å². The first-order valence-electron chi connectivity index (χ1n) is 6.74. The number of nitriles is 1. The minimum absolute atomic E-state index is 0. The van der Waals surface area contributed by atoms with E-state index in [1.165, 1.54) is 6.20 Å². The van der Waals surface area contributed by atoms with Crippen molar-refractivity contribution in [1.82, 2.24) is 19.8 Å². The van der Waals surface area contributed by atoms with Crippen LogP contribution in [0.2, 0.25) is 0 Å². The van der Waals surface area contributed by atoms with Gasteiger partial charge in [-0.3, -0.25) is 5.10 Å². The Morgan fingerprint density at radius 3 is 2.83 bits per heavy atom. The number of halogens is 1. The topological polar surface area (TPSA) is 99.2 Å². The van der Waals surface area contributed by atoms with Crippen molar-refractivity contribution in [2.75, 3.05) is 6.61 Å². The van der Waals surface area contributed by atoms with Gasteiger partial charge in [0.15, 0.2) is 0 Å². The highest BCUT2D eigenvalue weighted by Gasteiger charge is 2.17. The van der Waals surface area contributed by atoms with Crippen LogP contribution in [0.1, 0.15) is 19.4 Å². The number of H-pyrrole nitrogens is 1. The fraction of sp³-hybridized carbons (Fsp3) is 0.267. The van der Waals surface area contributed by atoms with Crippen LogP contribution in [0.3, 0.4) is 0 Å². The summed E-state index contributed by atoms with van der Waals surface area (Å²) in [5.41, 5.74) is 1.85. The van der Waals surface area contributed by atoms with Crippen LogP contribution in [0.4, 0.5) is 0 Å². The van der Waals surface area contributed by atoms with Crippen molar-refractivity contribution in [2.45, 2.75) is 19.4 Å². The van der Waals surface area contributed by atoms with E-state index >= 15 is 0 Å². The van der Waals surface area contributed by atoms with Crippen LogP contribution in [0, 0.1) is 11.3 Å². The van der Waals surface area contributed by atoms with Crippen molar-refractivity contribution in [2.24, 2.45) is 0 Å². The van der Waals surface area contributed by atoms with Crippen molar-refractivity contribution in [1.29, 1.82) is 5.26 Å². The molecule has 3 heterocycles. The summed E-state index contributed by atoms with van der Waals surface area (Å²) in [6, 6.07) is 3.95. The van der Waals surface area contributed by atoms with E-state index < -0.39 is 5.60 Å². The summed E-state index contributed by atoms with van der Waals surface area (Å²) in [5.74, 6) is 0.554. The number of nitrogens with one attached hydrogen (secondary N) is 1. The Bertz CT molecular complexity index is 843. The van der Waals surface area contributed by atoms with Crippen LogP contribution < -0.4 is 4.74 Å². The lowest BCUT2D eigenvalue weighted by molar-refractivity contribution is 0.0283. The van der Waals surface area contributed by atoms with E-state index in [1.54, 1.807) is 37.0 Å². The summed E-state index contributed by atoms with van der Waals surface area (Å²) in [4.78, 5) is 0. The third kappa shape index (κ3) is 3.44. The van der Waals surface area contributed by atoms with E-state index in [0.29, 0.717) is 16.8 Å². The fourth-order valence-corrected chi connectivity index (χ4v) is 2.14. The molecular formula is C15H16ClN5O2. The van der Waals surface area contributed by atoms with Gasteiger partial charge in [0.25, 0.3) is 0 Å². The van der Waals surface area contributed by atoms with Crippen molar-refractivity contribution in [3.8, 4) is 22.9 Å². The van der Waals surface area contributed by atoms with Crippen LogP contribution in [0.25, 0.3) is 16.6 Å². The number of aromatic amines is 1. The minimum Gasteiger partial charge on any atom is -0.489 e. The van der Waals surface area contributed by atoms with Gasteiger partial charge in [-0.2, -0.15) is 15.5 Å². The van der Waals surface area contributed by atoms with Crippen LogP contribution in [0.15, 0.2) is 30.9 Å². The molecule has 0 aromatic carbocycles. The normalized spacial score (nSPS) is 11.0. The number of hydrogen-bond donors (Lipinski definition) is 2. The second-order valence-corrected chi connectivity index (χ2v) is 5.64. The number of fused-ring (bicyclic) bond motifs is 1. The lowest BCUT2D eigenvalue weighted by Gasteiger charge is -2.18. The second-order valence-electron chi connectivity index (χ2n) is 5.64. The maximum absolute atomic E-state index is 9.78. The van der Waals surface area contributed by atoms with Crippen LogP contribution >= 0.6 is 12.4 Å². The van der Waals surface area contributed by atoms with Gasteiger partial charge in [-0.1, -0.05) is 0 Å². The molecule has 7 nitrogen and oxygen atoms in total. The molecule has 0 unspecified atom stereocenters. The van der Waals surface area contributed by atoms with Gasteiger partial charge in [0.1, 0.15) is 18.4 Å². The Morgan fingerprint density at radius 1 is 1.43 bits per heavy atom. The molecular weight excluding hydrogens is 318 g/mol. The van der Waals surface area contributed by atoms with E-state index in [4.69, 9.17) is 4.74 Å². The van der Waals surface area contributed by atoms with Gasteiger partial charge in [-0.15, -0.1) is 12.4 Å². The van der Waals surface area contributed by atoms with Crippen molar-refractivity contribution < 1.29 is 9.84 Å². The molecule has 0 aliphatic carbocycles. The lowest BCUT2D eigenvalue weighted by Crippen LogP contribution is -2.27. The first-order chi connectivity index (χ1) is 10.5. The monoisotopic (exact) mass is 333 g/mol. The average Bonchev–Trinajstić information content (AvgIpc) is 3.12. The Hall–Kier alpha value is -2.56. The molecule has 0 spiro atoms. The van der Waals surface area contributed by atoms with E-state index in [-0.39, 0.29) is 19.0 Å². The molecule has 3 aromatic heterocycles. The van der Waals surface area contributed by atoms with Gasteiger partial charge in [0, 0.05) is 17.3 Å². The van der Waals surface area contributed by atoms with E-state index in [0.717, 1.165) is 11.1 Å². The molecule has 2 N–H and O–H groups in total. The average molecular weight is 334 g/mol. The predicted octanol–water partition coefficient (Wildman–Crippen LogP) is 2.17. The largest absolute Gasteiger partial charge is 0.489 e. The molecule has 120 valence electrons. The van der Waals surface area contributed by atoms with E-state index in [9.17, 15) is 10.4 Å². The Labute approximate surface area is 138 Å². The van der Waals surface area contributed by atoms with Crippen molar-refractivity contribution in [3.05, 3.63) is 36.4 Å². The molecule has 0 aliphatic heterocycles. The highest BCUT2D eigenvalue weighted by molar-refractivity contribution is 5.85. The number of aromatic nitrogens is 4. The Balaban J connectivity index is 0.00000192. The van der Waals surface area contributed by atoms with E-state index in [2.05, 4.69) is 21.4 Å². The van der Waals surface area contributed by atoms with Gasteiger partial charge in [-0.25, -0.2) is 4.52 Å². The highest BCUT2D eigenvalue weighted by atomic mass is 35.5. The first kappa shape index (κ1) is 16.8. The number of pyridine rings is 1. The zero-order valence-electron chi connectivity index (χ0n) is 12.6. The standard InChI is InChI=1S/C15H15N5O2.ClH/c1-15(2,21)9-22-12-3-13(11-5-17-18-6-11)14-10(4-16)7-19-20(14)8-12;/h3,5-8,21H,9H2,1-2H3,(H,17,18);1H. The Morgan fingerprint density at radius 2 is 2.22 bits per heavy atom. The van der Waals surface area contributed by atoms with Crippen LogP contribution in [0.5, 0.6) is 5.75 Å². The molecule has 0 atom stereocenters. The maximum atomic E-state index is 9.78. The summed E-state index contributed by atoms with van der Waals surface area (Å²) in [7, 11) is 0. The third-order valence-electron chi connectivity index (χ3n) is 3.11. The molecule has 0 aliphatic rings. The summed E-state index contributed by atoms with van der Waals surface area (Å²) >= 11 is 0. The summed E-state index contributed by atoms with van der Waals surface area (Å²) in [6.45, 7) is 3.49. The summed E-state index contributed by atoms with van der Waals surface area (Å²) in [6.07, 6.45) is 6.61. The SMILES string of the molecule is CC(C)(O)COc1cc(-c2cn[nH]c2)c2c(C#N)cnn2c1.Cl. The van der Waals surface area contributed by atoms with Crippen molar-refractivity contribution >= 4 is 17.9 Å². The molecule has 0 saturated heterocycles. The number of aliphatic hydroxyl groups is 1. The summed E-state index contributed by atoms with van der Waals surface area (Å²) < 4.78 is 7.23. The first-order valence-corrected chi connectivity index (χ1v) is 6.74. The van der Waals surface area contributed by atoms with Gasteiger partial charge in [0.2, 0.25) is 0 Å². The van der Waals surface area contributed by atoms with Crippen LogP contribution in [-0.4, -0.2) is 37.1 Å². The molecule has 0 radical (unpaired) electrons. The zero-order valence-corrected chi connectivity index (χ0v) is 13.5. The van der Waals surface area contributed by atoms with Gasteiger partial charge >= 0.3 is 0 Å². The molecule has 0 amide bonds. The molecule has 23 heavy (non-hydrogen) atoms. The van der Waals surface area contributed by atoms with Gasteiger partial charge in [0.05, 0.1) is 35.3 Å². The third-order valence-corrected chi connectivity index (χ3v) is 3.11. The molecule has 0 saturated carbocycles. The molecule has 3 rings (SSSR count). The minimum atomic E-state index is -0.938. The van der Waals surface area contributed by atoms with Gasteiger partial charge < -0.3 is 9.84 Å². The zero-order chi connectivity index (χ0) is 15.7. The maximum Gasteiger partial charge on any atom is 0.138 e. The molecule has 0 bridgehead atoms. The van der Waals surface area contributed by atoms with Gasteiger partial charge in [-0.05, 0) is 19.9 Å². The number of ether oxygens (including phenoxy) is 1. The predicted molar refractivity (Wildman–Crippen MR) is 86.5 cm³/mol. The second kappa shape index (κ2) is 6.28. The number of hydrogen-bond acceptors (Lipinski definition) is 5. The smallest absolute Gasteiger partial charge is 0.138 e. The summed E-state index contributed by atoms with van der Waals surface area (Å²) in [5, 5.41) is 29.9. The fourth-order valence-electron chi connectivity index (χ4n) is 2.14. The molecule has 0 fully saturated rings. The van der Waals surface area contributed by atoms with Crippen LogP contribution in [-0.2, 0) is 0 Å². The number of nitrogens with zero attached hydrogens (tertiary/aromatic N) is 4. The number of rotatable bonds is 4. The quantitative estimate of drug-likeness (QED) is 0.762.